The Morgan fingerprint density at radius 1 is 1.15 bits per heavy atom. The third-order valence-electron chi connectivity index (χ3n) is 2.69. The Morgan fingerprint density at radius 3 is 2.25 bits per heavy atom. The number of rotatable bonds is 2. The molecular weight excluding hydrogens is 274 g/mol. The molecule has 0 saturated carbocycles. The number of nitrogens with two attached hydrogens (primary N) is 1. The fourth-order valence-electron chi connectivity index (χ4n) is 1.69. The molecule has 1 aromatic carbocycles. The highest BCUT2D eigenvalue weighted by atomic mass is 19.4. The van der Waals surface area contributed by atoms with E-state index in [4.69, 9.17) is 5.73 Å². The molecule has 1 aromatic heterocycles. The van der Waals surface area contributed by atoms with Crippen LogP contribution in [0.1, 0.15) is 24.4 Å². The Balaban J connectivity index is 2.48. The van der Waals surface area contributed by atoms with Gasteiger partial charge in [-0.2, -0.15) is 13.2 Å². The molecule has 20 heavy (non-hydrogen) atoms. The molecule has 0 amide bonds. The summed E-state index contributed by atoms with van der Waals surface area (Å²) in [6, 6.07) is 2.67. The molecule has 0 aliphatic heterocycles. The first-order valence-corrected chi connectivity index (χ1v) is 5.74. The molecule has 2 aromatic rings. The Hall–Kier alpha value is -2.02. The minimum absolute atomic E-state index is 0.165. The third-order valence-corrected chi connectivity index (χ3v) is 2.69. The second kappa shape index (κ2) is 5.16. The molecule has 2 rings (SSSR count). The van der Waals surface area contributed by atoms with E-state index < -0.39 is 23.6 Å². The van der Waals surface area contributed by atoms with Gasteiger partial charge in [-0.25, -0.2) is 14.4 Å². The zero-order chi connectivity index (χ0) is 14.9. The van der Waals surface area contributed by atoms with Crippen molar-refractivity contribution in [3.05, 3.63) is 47.8 Å². The van der Waals surface area contributed by atoms with E-state index in [0.717, 1.165) is 6.07 Å². The van der Waals surface area contributed by atoms with Crippen molar-refractivity contribution in [1.82, 2.24) is 9.97 Å². The maximum atomic E-state index is 13.9. The first-order valence-electron chi connectivity index (χ1n) is 5.74. The van der Waals surface area contributed by atoms with Crippen LogP contribution in [0.25, 0.3) is 11.1 Å². The van der Waals surface area contributed by atoms with Gasteiger partial charge in [0, 0.05) is 23.5 Å². The van der Waals surface area contributed by atoms with Crippen molar-refractivity contribution in [2.45, 2.75) is 19.1 Å². The van der Waals surface area contributed by atoms with Crippen LogP contribution in [0, 0.1) is 5.82 Å². The van der Waals surface area contributed by atoms with Gasteiger partial charge < -0.3 is 5.73 Å². The quantitative estimate of drug-likeness (QED) is 0.861. The van der Waals surface area contributed by atoms with E-state index >= 15 is 0 Å². The topological polar surface area (TPSA) is 51.8 Å². The van der Waals surface area contributed by atoms with Crippen molar-refractivity contribution in [3.8, 4) is 11.1 Å². The summed E-state index contributed by atoms with van der Waals surface area (Å²) in [6.07, 6.45) is -2.23. The van der Waals surface area contributed by atoms with Crippen LogP contribution in [0.15, 0.2) is 30.6 Å². The summed E-state index contributed by atoms with van der Waals surface area (Å²) in [6.45, 7) is 1.67. The summed E-state index contributed by atoms with van der Waals surface area (Å²) in [7, 11) is 0. The van der Waals surface area contributed by atoms with Crippen molar-refractivity contribution in [2.24, 2.45) is 5.73 Å². The van der Waals surface area contributed by atoms with Gasteiger partial charge >= 0.3 is 6.18 Å². The van der Waals surface area contributed by atoms with E-state index in [1.165, 1.54) is 18.5 Å². The zero-order valence-corrected chi connectivity index (χ0v) is 10.4. The van der Waals surface area contributed by atoms with E-state index in [1.54, 1.807) is 6.92 Å². The van der Waals surface area contributed by atoms with Crippen molar-refractivity contribution in [3.63, 3.8) is 0 Å². The van der Waals surface area contributed by atoms with Crippen molar-refractivity contribution in [2.75, 3.05) is 0 Å². The van der Waals surface area contributed by atoms with Crippen molar-refractivity contribution in [1.29, 1.82) is 0 Å². The van der Waals surface area contributed by atoms with Crippen LogP contribution in [0.5, 0.6) is 0 Å². The van der Waals surface area contributed by atoms with Crippen LogP contribution in [0.2, 0.25) is 0 Å². The largest absolute Gasteiger partial charge is 0.419 e. The van der Waals surface area contributed by atoms with Crippen molar-refractivity contribution >= 4 is 0 Å². The van der Waals surface area contributed by atoms with Gasteiger partial charge in [-0.05, 0) is 13.0 Å². The summed E-state index contributed by atoms with van der Waals surface area (Å²) in [5, 5.41) is 0. The number of aromatic nitrogens is 2. The van der Waals surface area contributed by atoms with Gasteiger partial charge in [0.2, 0.25) is 0 Å². The monoisotopic (exact) mass is 285 g/mol. The highest BCUT2D eigenvalue weighted by Crippen LogP contribution is 2.35. The SMILES string of the molecule is C[C@H](N)c1ncc(-c2cccc(C(F)(F)F)c2F)cn1. The molecular formula is C13H11F4N3. The lowest BCUT2D eigenvalue weighted by molar-refractivity contribution is -0.139. The van der Waals surface area contributed by atoms with Crippen LogP contribution < -0.4 is 5.73 Å². The average Bonchev–Trinajstić information content (AvgIpc) is 2.37. The molecule has 2 N–H and O–H groups in total. The Morgan fingerprint density at radius 2 is 1.75 bits per heavy atom. The Labute approximate surface area is 112 Å². The molecule has 0 aliphatic carbocycles. The molecule has 7 heteroatoms. The highest BCUT2D eigenvalue weighted by molar-refractivity contribution is 5.63. The number of nitrogens with zero attached hydrogens (tertiary/aromatic N) is 2. The predicted molar refractivity (Wildman–Crippen MR) is 65.0 cm³/mol. The average molecular weight is 285 g/mol. The zero-order valence-electron chi connectivity index (χ0n) is 10.4. The summed E-state index contributed by atoms with van der Waals surface area (Å²) in [4.78, 5) is 7.81. The van der Waals surface area contributed by atoms with E-state index in [0.29, 0.717) is 11.9 Å². The lowest BCUT2D eigenvalue weighted by Crippen LogP contribution is -2.10. The number of alkyl halides is 3. The smallest absolute Gasteiger partial charge is 0.322 e. The van der Waals surface area contributed by atoms with Gasteiger partial charge in [0.15, 0.2) is 0 Å². The Bertz CT molecular complexity index is 606. The fraction of sp³-hybridized carbons (Fsp3) is 0.231. The fourth-order valence-corrected chi connectivity index (χ4v) is 1.69. The van der Waals surface area contributed by atoms with E-state index in [-0.39, 0.29) is 11.1 Å². The van der Waals surface area contributed by atoms with Crippen LogP contribution in [-0.2, 0) is 6.18 Å². The predicted octanol–water partition coefficient (Wildman–Crippen LogP) is 3.32. The number of halogens is 4. The molecule has 3 nitrogen and oxygen atoms in total. The minimum atomic E-state index is -4.74. The molecule has 1 atom stereocenters. The standard InChI is InChI=1S/C13H11F4N3/c1-7(18)12-19-5-8(6-20-12)9-3-2-4-10(11(9)14)13(15,16)17/h2-7H,18H2,1H3/t7-/m0/s1. The summed E-state index contributed by atoms with van der Waals surface area (Å²) in [5.41, 5.74) is 4.22. The molecule has 0 spiro atoms. The molecule has 0 unspecified atom stereocenters. The molecule has 0 saturated heterocycles. The normalized spacial score (nSPS) is 13.3. The van der Waals surface area contributed by atoms with E-state index in [2.05, 4.69) is 9.97 Å². The first kappa shape index (κ1) is 14.4. The lowest BCUT2D eigenvalue weighted by atomic mass is 10.0. The first-order chi connectivity index (χ1) is 9.30. The molecule has 0 radical (unpaired) electrons. The molecule has 0 aliphatic rings. The van der Waals surface area contributed by atoms with E-state index in [9.17, 15) is 17.6 Å². The van der Waals surface area contributed by atoms with Crippen LogP contribution in [-0.4, -0.2) is 9.97 Å². The van der Waals surface area contributed by atoms with Crippen LogP contribution in [0.3, 0.4) is 0 Å². The van der Waals surface area contributed by atoms with Crippen LogP contribution in [0.4, 0.5) is 17.6 Å². The molecule has 0 fully saturated rings. The molecule has 106 valence electrons. The second-order valence-corrected chi connectivity index (χ2v) is 4.28. The number of benzene rings is 1. The summed E-state index contributed by atoms with van der Waals surface area (Å²) in [5.74, 6) is -1.00. The maximum absolute atomic E-state index is 13.9. The highest BCUT2D eigenvalue weighted by Gasteiger charge is 2.34. The Kier molecular flexibility index (Phi) is 3.71. The lowest BCUT2D eigenvalue weighted by Gasteiger charge is -2.11. The van der Waals surface area contributed by atoms with Gasteiger partial charge in [-0.3, -0.25) is 0 Å². The minimum Gasteiger partial charge on any atom is -0.322 e. The maximum Gasteiger partial charge on any atom is 0.419 e. The van der Waals surface area contributed by atoms with Gasteiger partial charge in [0.1, 0.15) is 11.6 Å². The van der Waals surface area contributed by atoms with Gasteiger partial charge in [-0.15, -0.1) is 0 Å². The third kappa shape index (κ3) is 2.77. The second-order valence-electron chi connectivity index (χ2n) is 4.28. The van der Waals surface area contributed by atoms with E-state index in [1.807, 2.05) is 0 Å². The van der Waals surface area contributed by atoms with Crippen molar-refractivity contribution < 1.29 is 17.6 Å². The van der Waals surface area contributed by atoms with Gasteiger partial charge in [0.25, 0.3) is 0 Å². The summed E-state index contributed by atoms with van der Waals surface area (Å²) >= 11 is 0. The van der Waals surface area contributed by atoms with Crippen LogP contribution >= 0.6 is 0 Å². The summed E-state index contributed by atoms with van der Waals surface area (Å²) < 4.78 is 51.8. The van der Waals surface area contributed by atoms with Gasteiger partial charge in [0.05, 0.1) is 11.6 Å². The molecule has 1 heterocycles. The molecule has 0 bridgehead atoms. The number of hydrogen-bond acceptors (Lipinski definition) is 3. The number of hydrogen-bond donors (Lipinski definition) is 1. The van der Waals surface area contributed by atoms with Gasteiger partial charge in [-0.1, -0.05) is 12.1 Å².